The minimum absolute atomic E-state index is 0.0656. The number of halogens is 4. The summed E-state index contributed by atoms with van der Waals surface area (Å²) >= 11 is 3.13. The minimum atomic E-state index is -4.72. The lowest BCUT2D eigenvalue weighted by molar-refractivity contribution is -0.142. The van der Waals surface area contributed by atoms with Crippen LogP contribution in [0.4, 0.5) is 13.2 Å². The second-order valence-electron chi connectivity index (χ2n) is 4.14. The molecule has 1 aromatic heterocycles. The molecule has 0 unspecified atom stereocenters. The number of aromatic nitrogens is 2. The van der Waals surface area contributed by atoms with Gasteiger partial charge in [0, 0.05) is 10.0 Å². The van der Waals surface area contributed by atoms with E-state index < -0.39 is 35.4 Å². The smallest absolute Gasteiger partial charge is 0.406 e. The van der Waals surface area contributed by atoms with E-state index in [1.807, 2.05) is 0 Å². The van der Waals surface area contributed by atoms with Crippen molar-refractivity contribution in [3.8, 4) is 17.0 Å². The number of hydrogen-bond acceptors (Lipinski definition) is 3. The zero-order valence-electron chi connectivity index (χ0n) is 10.2. The summed E-state index contributed by atoms with van der Waals surface area (Å²) in [7, 11) is 0. The normalized spacial score (nSPS) is 11.6. The highest BCUT2D eigenvalue weighted by molar-refractivity contribution is 9.10. The summed E-state index contributed by atoms with van der Waals surface area (Å²) in [6, 6.07) is 6.15. The lowest BCUT2D eigenvalue weighted by Gasteiger charge is -2.13. The van der Waals surface area contributed by atoms with Gasteiger partial charge in [-0.2, -0.15) is 13.2 Å². The van der Waals surface area contributed by atoms with Gasteiger partial charge in [0.15, 0.2) is 0 Å². The largest absolute Gasteiger partial charge is 0.494 e. The lowest BCUT2D eigenvalue weighted by Crippen LogP contribution is -2.34. The summed E-state index contributed by atoms with van der Waals surface area (Å²) in [5, 5.41) is 9.91. The molecule has 0 bridgehead atoms. The van der Waals surface area contributed by atoms with E-state index in [-0.39, 0.29) is 10.1 Å². The van der Waals surface area contributed by atoms with Crippen LogP contribution in [0.2, 0.25) is 0 Å². The molecule has 0 saturated heterocycles. The molecule has 1 aromatic carbocycles. The van der Waals surface area contributed by atoms with Crippen molar-refractivity contribution in [3.63, 3.8) is 0 Å². The van der Waals surface area contributed by atoms with Crippen LogP contribution >= 0.6 is 15.9 Å². The molecule has 2 aromatic rings. The van der Waals surface area contributed by atoms with Crippen LogP contribution in [0.3, 0.4) is 0 Å². The molecule has 0 radical (unpaired) electrons. The summed E-state index contributed by atoms with van der Waals surface area (Å²) in [6.07, 6.45) is -4.72. The number of rotatable bonds is 2. The molecule has 9 heteroatoms. The van der Waals surface area contributed by atoms with Crippen LogP contribution in [0, 0.1) is 0 Å². The molecule has 0 amide bonds. The van der Waals surface area contributed by atoms with Crippen molar-refractivity contribution in [2.45, 2.75) is 12.7 Å². The van der Waals surface area contributed by atoms with E-state index in [2.05, 4.69) is 15.9 Å². The Morgan fingerprint density at radius 3 is 2.43 bits per heavy atom. The maximum Gasteiger partial charge on any atom is 0.406 e. The SMILES string of the molecule is O=c1[nH]c(=O)n(CC(F)(F)F)c(O)c1-c1ccccc1Br. The van der Waals surface area contributed by atoms with Gasteiger partial charge in [-0.1, -0.05) is 34.1 Å². The molecule has 5 nitrogen and oxygen atoms in total. The molecule has 0 atom stereocenters. The first-order chi connectivity index (χ1) is 9.70. The molecule has 0 aliphatic carbocycles. The molecule has 1 heterocycles. The van der Waals surface area contributed by atoms with E-state index in [4.69, 9.17) is 0 Å². The van der Waals surface area contributed by atoms with Crippen molar-refractivity contribution >= 4 is 15.9 Å². The number of nitrogens with zero attached hydrogens (tertiary/aromatic N) is 1. The zero-order valence-corrected chi connectivity index (χ0v) is 11.8. The van der Waals surface area contributed by atoms with E-state index in [1.54, 1.807) is 17.1 Å². The average Bonchev–Trinajstić information content (AvgIpc) is 2.35. The monoisotopic (exact) mass is 364 g/mol. The maximum atomic E-state index is 12.4. The molecule has 0 saturated carbocycles. The van der Waals surface area contributed by atoms with Crippen LogP contribution in [0.25, 0.3) is 11.1 Å². The van der Waals surface area contributed by atoms with E-state index in [9.17, 15) is 27.9 Å². The van der Waals surface area contributed by atoms with Crippen LogP contribution in [0.1, 0.15) is 0 Å². The van der Waals surface area contributed by atoms with Crippen molar-refractivity contribution in [3.05, 3.63) is 49.6 Å². The predicted molar refractivity (Wildman–Crippen MR) is 72.2 cm³/mol. The summed E-state index contributed by atoms with van der Waals surface area (Å²) < 4.78 is 37.8. The van der Waals surface area contributed by atoms with Crippen LogP contribution < -0.4 is 11.2 Å². The Morgan fingerprint density at radius 2 is 1.86 bits per heavy atom. The number of alkyl halides is 3. The van der Waals surface area contributed by atoms with Crippen molar-refractivity contribution in [1.29, 1.82) is 0 Å². The van der Waals surface area contributed by atoms with E-state index >= 15 is 0 Å². The quantitative estimate of drug-likeness (QED) is 0.857. The van der Waals surface area contributed by atoms with E-state index in [1.165, 1.54) is 12.1 Å². The summed E-state index contributed by atoms with van der Waals surface area (Å²) in [5.41, 5.74) is -2.54. The highest BCUT2D eigenvalue weighted by atomic mass is 79.9. The fourth-order valence-corrected chi connectivity index (χ4v) is 2.28. The Bertz CT molecular complexity index is 796. The molecule has 2 N–H and O–H groups in total. The van der Waals surface area contributed by atoms with Gasteiger partial charge in [0.25, 0.3) is 5.56 Å². The second kappa shape index (κ2) is 5.40. The molecule has 0 aliphatic rings. The van der Waals surface area contributed by atoms with Crippen molar-refractivity contribution < 1.29 is 18.3 Å². The molecule has 0 fully saturated rings. The maximum absolute atomic E-state index is 12.4. The Kier molecular flexibility index (Phi) is 3.95. The number of aromatic amines is 1. The van der Waals surface area contributed by atoms with Crippen LogP contribution in [0.15, 0.2) is 38.3 Å². The number of benzene rings is 1. The first-order valence-corrected chi connectivity index (χ1v) is 6.38. The van der Waals surface area contributed by atoms with Crippen molar-refractivity contribution in [2.75, 3.05) is 0 Å². The highest BCUT2D eigenvalue weighted by Gasteiger charge is 2.31. The fraction of sp³-hybridized carbons (Fsp3) is 0.167. The summed E-state index contributed by atoms with van der Waals surface area (Å²) in [4.78, 5) is 25.0. The topological polar surface area (TPSA) is 75.1 Å². The van der Waals surface area contributed by atoms with Gasteiger partial charge in [-0.3, -0.25) is 14.3 Å². The van der Waals surface area contributed by atoms with Gasteiger partial charge >= 0.3 is 11.9 Å². The third-order valence-corrected chi connectivity index (χ3v) is 3.34. The number of aromatic hydroxyl groups is 1. The van der Waals surface area contributed by atoms with Gasteiger partial charge in [0.1, 0.15) is 12.1 Å². The number of H-pyrrole nitrogens is 1. The highest BCUT2D eigenvalue weighted by Crippen LogP contribution is 2.31. The second-order valence-corrected chi connectivity index (χ2v) is 4.99. The van der Waals surface area contributed by atoms with Gasteiger partial charge in [0.2, 0.25) is 5.88 Å². The van der Waals surface area contributed by atoms with Gasteiger partial charge in [-0.05, 0) is 6.07 Å². The fourth-order valence-electron chi connectivity index (χ4n) is 1.79. The Hall–Kier alpha value is -2.03. The molecule has 0 aliphatic heterocycles. The van der Waals surface area contributed by atoms with Crippen LogP contribution in [-0.2, 0) is 6.54 Å². The van der Waals surface area contributed by atoms with Crippen molar-refractivity contribution in [1.82, 2.24) is 9.55 Å². The Labute approximate surface area is 123 Å². The van der Waals surface area contributed by atoms with E-state index in [0.717, 1.165) is 0 Å². The first-order valence-electron chi connectivity index (χ1n) is 5.58. The molecule has 112 valence electrons. The standard InChI is InChI=1S/C12H8BrF3N2O3/c13-7-4-2-1-3-6(7)8-9(19)17-11(21)18(10(8)20)5-12(14,15)16/h1-4,20H,5H2,(H,17,19,21). The van der Waals surface area contributed by atoms with Crippen LogP contribution in [-0.4, -0.2) is 20.8 Å². The molecular weight excluding hydrogens is 357 g/mol. The predicted octanol–water partition coefficient (Wildman–Crippen LogP) is 2.23. The molecular formula is C12H8BrF3N2O3. The summed E-state index contributed by atoms with van der Waals surface area (Å²) in [6.45, 7) is -1.70. The third kappa shape index (κ3) is 3.18. The molecule has 21 heavy (non-hydrogen) atoms. The first kappa shape index (κ1) is 15.4. The van der Waals surface area contributed by atoms with Gasteiger partial charge in [-0.25, -0.2) is 4.79 Å². The van der Waals surface area contributed by atoms with E-state index in [0.29, 0.717) is 4.47 Å². The van der Waals surface area contributed by atoms with Gasteiger partial charge in [-0.15, -0.1) is 0 Å². The zero-order chi connectivity index (χ0) is 15.8. The van der Waals surface area contributed by atoms with Crippen LogP contribution in [0.5, 0.6) is 5.88 Å². The molecule has 2 rings (SSSR count). The van der Waals surface area contributed by atoms with Gasteiger partial charge < -0.3 is 5.11 Å². The van der Waals surface area contributed by atoms with Crippen molar-refractivity contribution in [2.24, 2.45) is 0 Å². The molecule has 0 spiro atoms. The summed E-state index contributed by atoms with van der Waals surface area (Å²) in [5.74, 6) is -1.03. The Balaban J connectivity index is 2.74. The lowest BCUT2D eigenvalue weighted by atomic mass is 10.1. The number of hydrogen-bond donors (Lipinski definition) is 2. The third-order valence-electron chi connectivity index (χ3n) is 2.65. The average molecular weight is 365 g/mol. The Morgan fingerprint density at radius 1 is 1.24 bits per heavy atom. The number of nitrogens with one attached hydrogen (secondary N) is 1. The minimum Gasteiger partial charge on any atom is -0.494 e. The van der Waals surface area contributed by atoms with Gasteiger partial charge in [0.05, 0.1) is 0 Å².